The molecule has 0 bridgehead atoms. The van der Waals surface area contributed by atoms with Crippen LogP contribution >= 0.6 is 11.8 Å². The number of thioether (sulfide) groups is 1. The highest BCUT2D eigenvalue weighted by molar-refractivity contribution is 7.98. The maximum absolute atomic E-state index is 13.8. The van der Waals surface area contributed by atoms with Crippen LogP contribution in [-0.4, -0.2) is 72.6 Å². The number of carbonyl (C=O) groups is 4. The molecule has 2 N–H and O–H groups in total. The van der Waals surface area contributed by atoms with E-state index in [1.165, 1.54) is 29.8 Å². The number of nitrogens with one attached hydrogen (secondary N) is 2. The molecule has 3 amide bonds. The summed E-state index contributed by atoms with van der Waals surface area (Å²) >= 11 is 1.50. The molecule has 1 aromatic carbocycles. The van der Waals surface area contributed by atoms with E-state index in [2.05, 4.69) is 27.9 Å². The predicted molar refractivity (Wildman–Crippen MR) is 140 cm³/mol. The first kappa shape index (κ1) is 30.6. The van der Waals surface area contributed by atoms with Crippen LogP contribution in [0, 0.1) is 12.3 Å². The lowest BCUT2D eigenvalue weighted by Gasteiger charge is -2.34. The summed E-state index contributed by atoms with van der Waals surface area (Å²) in [5, 5.41) is 5.14. The van der Waals surface area contributed by atoms with Gasteiger partial charge in [0, 0.05) is 12.1 Å². The van der Waals surface area contributed by atoms with E-state index in [1.807, 2.05) is 6.26 Å². The Labute approximate surface area is 217 Å². The van der Waals surface area contributed by atoms with Gasteiger partial charge in [-0.1, -0.05) is 30.2 Å². The van der Waals surface area contributed by atoms with Crippen molar-refractivity contribution in [3.05, 3.63) is 48.0 Å². The quantitative estimate of drug-likeness (QED) is 0.249. The summed E-state index contributed by atoms with van der Waals surface area (Å²) in [5.41, 5.74) is 0.0248. The Morgan fingerprint density at radius 1 is 1.25 bits per heavy atom. The minimum Gasteiger partial charge on any atom is -0.468 e. The van der Waals surface area contributed by atoms with Gasteiger partial charge < -0.3 is 25.0 Å². The molecule has 1 rings (SSSR count). The fraction of sp³-hybridized carbons (Fsp3) is 0.462. The number of esters is 1. The van der Waals surface area contributed by atoms with Crippen LogP contribution in [0.25, 0.3) is 0 Å². The summed E-state index contributed by atoms with van der Waals surface area (Å²) in [6.07, 6.45) is 8.56. The molecule has 36 heavy (non-hydrogen) atoms. The van der Waals surface area contributed by atoms with Crippen molar-refractivity contribution in [2.75, 3.05) is 32.2 Å². The SMILES string of the molecule is C#Cc1ccccc1C(C(=O)NCC(=O)OC)N(CC=C)C(=O)C(CCSC)NC(=O)OC(C)(C)C. The number of alkyl carbamates (subject to hydrolysis) is 1. The molecular weight excluding hydrogens is 482 g/mol. The summed E-state index contributed by atoms with van der Waals surface area (Å²) in [6.45, 7) is 8.45. The lowest BCUT2D eigenvalue weighted by Crippen LogP contribution is -2.53. The lowest BCUT2D eigenvalue weighted by atomic mass is 9.97. The Balaban J connectivity index is 3.49. The van der Waals surface area contributed by atoms with Crippen LogP contribution in [0.5, 0.6) is 0 Å². The van der Waals surface area contributed by atoms with Gasteiger partial charge in [0.05, 0.1) is 7.11 Å². The number of amides is 3. The second-order valence-electron chi connectivity index (χ2n) is 8.69. The fourth-order valence-corrected chi connectivity index (χ4v) is 3.72. The van der Waals surface area contributed by atoms with Gasteiger partial charge in [-0.2, -0.15) is 11.8 Å². The number of hydrogen-bond acceptors (Lipinski definition) is 7. The molecule has 0 aliphatic carbocycles. The first-order chi connectivity index (χ1) is 17.0. The highest BCUT2D eigenvalue weighted by atomic mass is 32.2. The Morgan fingerprint density at radius 2 is 1.92 bits per heavy atom. The van der Waals surface area contributed by atoms with Gasteiger partial charge in [0.25, 0.3) is 0 Å². The molecule has 0 aromatic heterocycles. The van der Waals surface area contributed by atoms with Crippen molar-refractivity contribution in [1.82, 2.24) is 15.5 Å². The monoisotopic (exact) mass is 517 g/mol. The molecule has 0 saturated carbocycles. The van der Waals surface area contributed by atoms with Crippen molar-refractivity contribution in [3.63, 3.8) is 0 Å². The van der Waals surface area contributed by atoms with E-state index in [1.54, 1.807) is 45.0 Å². The van der Waals surface area contributed by atoms with Gasteiger partial charge in [-0.3, -0.25) is 14.4 Å². The van der Waals surface area contributed by atoms with Crippen molar-refractivity contribution in [3.8, 4) is 12.3 Å². The number of terminal acetylenes is 1. The first-order valence-electron chi connectivity index (χ1n) is 11.3. The van der Waals surface area contributed by atoms with E-state index in [-0.39, 0.29) is 6.54 Å². The third-order valence-corrected chi connectivity index (χ3v) is 5.46. The highest BCUT2D eigenvalue weighted by Gasteiger charge is 2.36. The number of benzene rings is 1. The third kappa shape index (κ3) is 9.66. The second kappa shape index (κ2) is 14.8. The largest absolute Gasteiger partial charge is 0.468 e. The molecule has 0 aliphatic rings. The van der Waals surface area contributed by atoms with E-state index in [9.17, 15) is 19.2 Å². The van der Waals surface area contributed by atoms with Crippen LogP contribution in [0.4, 0.5) is 4.79 Å². The third-order valence-electron chi connectivity index (χ3n) is 4.81. The number of carbonyl (C=O) groups excluding carboxylic acids is 4. The zero-order valence-corrected chi connectivity index (χ0v) is 22.3. The van der Waals surface area contributed by atoms with Gasteiger partial charge in [0.15, 0.2) is 0 Å². The van der Waals surface area contributed by atoms with Crippen molar-refractivity contribution >= 4 is 35.6 Å². The summed E-state index contributed by atoms with van der Waals surface area (Å²) in [5.74, 6) is 1.28. The average Bonchev–Trinajstić information content (AvgIpc) is 2.83. The molecule has 1 aromatic rings. The van der Waals surface area contributed by atoms with E-state index in [0.29, 0.717) is 23.3 Å². The summed E-state index contributed by atoms with van der Waals surface area (Å²) in [4.78, 5) is 52.6. The van der Waals surface area contributed by atoms with Crippen LogP contribution in [0.1, 0.15) is 44.4 Å². The molecule has 0 radical (unpaired) electrons. The normalized spacial score (nSPS) is 12.3. The van der Waals surface area contributed by atoms with Crippen molar-refractivity contribution in [2.24, 2.45) is 0 Å². The number of hydrogen-bond donors (Lipinski definition) is 2. The molecule has 9 nitrogen and oxygen atoms in total. The molecule has 0 aliphatic heterocycles. The lowest BCUT2D eigenvalue weighted by molar-refractivity contribution is -0.144. The van der Waals surface area contributed by atoms with Gasteiger partial charge in [-0.25, -0.2) is 4.79 Å². The predicted octanol–water partition coefficient (Wildman–Crippen LogP) is 2.66. The first-order valence-corrected chi connectivity index (χ1v) is 12.7. The Bertz CT molecular complexity index is 983. The topological polar surface area (TPSA) is 114 Å². The van der Waals surface area contributed by atoms with Gasteiger partial charge in [0.2, 0.25) is 11.8 Å². The fourth-order valence-electron chi connectivity index (χ4n) is 3.25. The van der Waals surface area contributed by atoms with E-state index < -0.39 is 48.1 Å². The maximum atomic E-state index is 13.8. The van der Waals surface area contributed by atoms with Crippen molar-refractivity contribution in [1.29, 1.82) is 0 Å². The summed E-state index contributed by atoms with van der Waals surface area (Å²) in [6, 6.07) is 4.51. The number of nitrogens with zero attached hydrogens (tertiary/aromatic N) is 1. The van der Waals surface area contributed by atoms with Crippen molar-refractivity contribution in [2.45, 2.75) is 44.9 Å². The van der Waals surface area contributed by atoms with Crippen LogP contribution in [-0.2, 0) is 23.9 Å². The minimum atomic E-state index is -1.20. The Hall–Kier alpha value is -3.45. The highest BCUT2D eigenvalue weighted by Crippen LogP contribution is 2.26. The molecule has 0 spiro atoms. The van der Waals surface area contributed by atoms with E-state index >= 15 is 0 Å². The van der Waals surface area contributed by atoms with E-state index in [0.717, 1.165) is 0 Å². The van der Waals surface area contributed by atoms with Crippen LogP contribution in [0.15, 0.2) is 36.9 Å². The smallest absolute Gasteiger partial charge is 0.408 e. The summed E-state index contributed by atoms with van der Waals surface area (Å²) < 4.78 is 9.95. The zero-order chi connectivity index (χ0) is 27.3. The number of ether oxygens (including phenoxy) is 2. The van der Waals surface area contributed by atoms with Gasteiger partial charge in [-0.15, -0.1) is 13.0 Å². The van der Waals surface area contributed by atoms with Gasteiger partial charge in [-0.05, 0) is 50.8 Å². The average molecular weight is 518 g/mol. The molecule has 10 heteroatoms. The standard InChI is InChI=1S/C26H35N3O6S/c1-8-15-29(24(32)20(14-16-36-7)28-25(33)35-26(3,4)5)22(23(31)27-17-21(30)34-6)19-13-11-10-12-18(19)9-2/h2,8,10-13,20,22H,1,14-17H2,3-7H3,(H,27,31)(H,28,33). The van der Waals surface area contributed by atoms with Crippen LogP contribution in [0.3, 0.4) is 0 Å². The Morgan fingerprint density at radius 3 is 2.47 bits per heavy atom. The molecular formula is C26H35N3O6S. The Kier molecular flexibility index (Phi) is 12.6. The van der Waals surface area contributed by atoms with Crippen LogP contribution < -0.4 is 10.6 Å². The molecule has 0 fully saturated rings. The molecule has 2 unspecified atom stereocenters. The zero-order valence-electron chi connectivity index (χ0n) is 21.5. The number of methoxy groups -OCH3 is 1. The summed E-state index contributed by atoms with van der Waals surface area (Å²) in [7, 11) is 1.20. The maximum Gasteiger partial charge on any atom is 0.408 e. The van der Waals surface area contributed by atoms with E-state index in [4.69, 9.17) is 11.2 Å². The molecule has 0 saturated heterocycles. The van der Waals surface area contributed by atoms with Gasteiger partial charge >= 0.3 is 12.1 Å². The van der Waals surface area contributed by atoms with Crippen LogP contribution in [0.2, 0.25) is 0 Å². The molecule has 0 heterocycles. The number of rotatable bonds is 12. The second-order valence-corrected chi connectivity index (χ2v) is 9.67. The minimum absolute atomic E-state index is 0.0280. The van der Waals surface area contributed by atoms with Gasteiger partial charge in [0.1, 0.15) is 24.2 Å². The molecule has 196 valence electrons. The molecule has 2 atom stereocenters. The van der Waals surface area contributed by atoms with Crippen molar-refractivity contribution < 1.29 is 28.7 Å².